The van der Waals surface area contributed by atoms with Crippen molar-refractivity contribution in [2.45, 2.75) is 58.0 Å². The smallest absolute Gasteiger partial charge is 0.410 e. The molecule has 0 atom stereocenters. The minimum atomic E-state index is -1.03. The second kappa shape index (κ2) is 8.43. The molecular weight excluding hydrogens is 372 g/mol. The Kier molecular flexibility index (Phi) is 6.15. The molecule has 2 saturated heterocycles. The Hall–Kier alpha value is -2.57. The van der Waals surface area contributed by atoms with E-state index in [4.69, 9.17) is 4.74 Å². The van der Waals surface area contributed by atoms with Crippen LogP contribution in [0.4, 0.5) is 4.79 Å². The highest BCUT2D eigenvalue weighted by atomic mass is 16.6. The van der Waals surface area contributed by atoms with E-state index >= 15 is 0 Å². The van der Waals surface area contributed by atoms with Crippen LogP contribution in [0.1, 0.15) is 78.7 Å². The third-order valence-corrected chi connectivity index (χ3v) is 5.46. The van der Waals surface area contributed by atoms with Gasteiger partial charge in [0.25, 0.3) is 5.91 Å². The lowest BCUT2D eigenvalue weighted by atomic mass is 9.87. The van der Waals surface area contributed by atoms with Crippen molar-refractivity contribution in [3.8, 4) is 0 Å². The van der Waals surface area contributed by atoms with Crippen molar-refractivity contribution in [2.24, 2.45) is 0 Å². The summed E-state index contributed by atoms with van der Waals surface area (Å²) in [6.45, 7) is 8.06. The minimum absolute atomic E-state index is 0.0990. The number of hydrogen-bond acceptors (Lipinski definition) is 4. The number of carboxylic acid groups (broad SMARTS) is 1. The molecule has 1 N–H and O–H groups in total. The van der Waals surface area contributed by atoms with Gasteiger partial charge in [0.2, 0.25) is 0 Å². The Labute approximate surface area is 171 Å². The molecule has 0 saturated carbocycles. The van der Waals surface area contributed by atoms with E-state index in [-0.39, 0.29) is 23.5 Å². The first-order chi connectivity index (χ1) is 13.6. The Morgan fingerprint density at radius 2 is 1.52 bits per heavy atom. The number of carboxylic acids is 1. The molecule has 0 spiro atoms. The lowest BCUT2D eigenvalue weighted by Crippen LogP contribution is -2.41. The van der Waals surface area contributed by atoms with E-state index in [1.165, 1.54) is 6.07 Å². The number of likely N-dealkylation sites (tertiary alicyclic amines) is 2. The zero-order valence-corrected chi connectivity index (χ0v) is 17.4. The molecule has 0 radical (unpaired) electrons. The van der Waals surface area contributed by atoms with Gasteiger partial charge in [-0.2, -0.15) is 0 Å². The highest BCUT2D eigenvalue weighted by molar-refractivity contribution is 5.98. The summed E-state index contributed by atoms with van der Waals surface area (Å²) in [5.74, 6) is -1.02. The van der Waals surface area contributed by atoms with Crippen molar-refractivity contribution >= 4 is 18.0 Å². The number of aromatic carboxylic acids is 1. The minimum Gasteiger partial charge on any atom is -0.478 e. The van der Waals surface area contributed by atoms with E-state index < -0.39 is 11.6 Å². The van der Waals surface area contributed by atoms with E-state index in [1.807, 2.05) is 26.8 Å². The lowest BCUT2D eigenvalue weighted by Gasteiger charge is -2.33. The molecule has 2 heterocycles. The molecule has 2 aliphatic rings. The second-order valence-corrected chi connectivity index (χ2v) is 8.89. The number of rotatable bonds is 3. The monoisotopic (exact) mass is 402 g/mol. The van der Waals surface area contributed by atoms with Crippen molar-refractivity contribution in [1.82, 2.24) is 9.80 Å². The van der Waals surface area contributed by atoms with E-state index in [2.05, 4.69) is 0 Å². The summed E-state index contributed by atoms with van der Waals surface area (Å²) in [4.78, 5) is 40.2. The standard InChI is InChI=1S/C22H30N2O5/c1-22(2,3)29-21(28)24-10-6-15(7-11-24)16-12-17(14-18(13-16)20(26)27)19(25)23-8-4-5-9-23/h12-15H,4-11H2,1-3H3,(H,26,27). The lowest BCUT2D eigenvalue weighted by molar-refractivity contribution is 0.0204. The number of piperidine rings is 1. The average Bonchev–Trinajstić information content (AvgIpc) is 3.20. The van der Waals surface area contributed by atoms with Crippen LogP contribution in [-0.2, 0) is 4.74 Å². The molecule has 1 aromatic rings. The molecule has 0 aromatic heterocycles. The van der Waals surface area contributed by atoms with Gasteiger partial charge in [0.1, 0.15) is 5.60 Å². The molecule has 7 heteroatoms. The van der Waals surface area contributed by atoms with Crippen molar-refractivity contribution in [3.05, 3.63) is 34.9 Å². The van der Waals surface area contributed by atoms with Crippen LogP contribution >= 0.6 is 0 Å². The first-order valence-corrected chi connectivity index (χ1v) is 10.3. The van der Waals surface area contributed by atoms with Crippen molar-refractivity contribution in [2.75, 3.05) is 26.2 Å². The number of carbonyl (C=O) groups is 3. The van der Waals surface area contributed by atoms with Crippen LogP contribution in [0.2, 0.25) is 0 Å². The largest absolute Gasteiger partial charge is 0.478 e. The molecule has 158 valence electrons. The van der Waals surface area contributed by atoms with Gasteiger partial charge in [0.15, 0.2) is 0 Å². The Bertz CT molecular complexity index is 785. The summed E-state index contributed by atoms with van der Waals surface area (Å²) in [5, 5.41) is 9.51. The fourth-order valence-electron chi connectivity index (χ4n) is 3.96. The number of hydrogen-bond donors (Lipinski definition) is 1. The average molecular weight is 402 g/mol. The molecule has 7 nitrogen and oxygen atoms in total. The quantitative estimate of drug-likeness (QED) is 0.832. The van der Waals surface area contributed by atoms with Crippen LogP contribution in [0.5, 0.6) is 0 Å². The normalized spacial score (nSPS) is 18.0. The molecule has 0 unspecified atom stereocenters. The van der Waals surface area contributed by atoms with E-state index in [9.17, 15) is 19.5 Å². The predicted molar refractivity (Wildman–Crippen MR) is 108 cm³/mol. The third kappa shape index (κ3) is 5.28. The van der Waals surface area contributed by atoms with Crippen molar-refractivity contribution in [1.29, 1.82) is 0 Å². The highest BCUT2D eigenvalue weighted by Gasteiger charge is 2.29. The van der Waals surface area contributed by atoms with Crippen molar-refractivity contribution < 1.29 is 24.2 Å². The topological polar surface area (TPSA) is 87.1 Å². The Morgan fingerprint density at radius 3 is 2.07 bits per heavy atom. The number of amides is 2. The second-order valence-electron chi connectivity index (χ2n) is 8.89. The molecule has 2 aliphatic heterocycles. The van der Waals surface area contributed by atoms with Gasteiger partial charge in [-0.05, 0) is 76.1 Å². The zero-order chi connectivity index (χ0) is 21.2. The van der Waals surface area contributed by atoms with Gasteiger partial charge in [0.05, 0.1) is 5.56 Å². The van der Waals surface area contributed by atoms with Crippen LogP contribution < -0.4 is 0 Å². The first-order valence-electron chi connectivity index (χ1n) is 10.3. The fourth-order valence-corrected chi connectivity index (χ4v) is 3.96. The molecule has 29 heavy (non-hydrogen) atoms. The molecule has 0 bridgehead atoms. The number of nitrogens with zero attached hydrogens (tertiary/aromatic N) is 2. The van der Waals surface area contributed by atoms with Gasteiger partial charge in [0, 0.05) is 31.7 Å². The summed E-state index contributed by atoms with van der Waals surface area (Å²) in [6.07, 6.45) is 3.07. The summed E-state index contributed by atoms with van der Waals surface area (Å²) < 4.78 is 5.44. The molecule has 3 rings (SSSR count). The van der Waals surface area contributed by atoms with Crippen LogP contribution in [0.25, 0.3) is 0 Å². The molecule has 2 fully saturated rings. The summed E-state index contributed by atoms with van der Waals surface area (Å²) in [5.41, 5.74) is 0.904. The van der Waals surface area contributed by atoms with E-state index in [0.717, 1.165) is 31.5 Å². The first kappa shape index (κ1) is 21.1. The molecule has 0 aliphatic carbocycles. The van der Waals surface area contributed by atoms with Gasteiger partial charge in [-0.3, -0.25) is 4.79 Å². The van der Waals surface area contributed by atoms with E-state index in [0.29, 0.717) is 31.5 Å². The number of benzene rings is 1. The number of ether oxygens (including phenoxy) is 1. The fraction of sp³-hybridized carbons (Fsp3) is 0.591. The Balaban J connectivity index is 1.74. The Morgan fingerprint density at radius 1 is 0.931 bits per heavy atom. The predicted octanol–water partition coefficient (Wildman–Crippen LogP) is 3.74. The summed E-state index contributed by atoms with van der Waals surface area (Å²) in [6, 6.07) is 4.97. The van der Waals surface area contributed by atoms with Crippen LogP contribution in [0.15, 0.2) is 18.2 Å². The van der Waals surface area contributed by atoms with Gasteiger partial charge in [-0.25, -0.2) is 9.59 Å². The maximum Gasteiger partial charge on any atom is 0.410 e. The summed E-state index contributed by atoms with van der Waals surface area (Å²) >= 11 is 0. The molecular formula is C22H30N2O5. The molecule has 2 amide bonds. The third-order valence-electron chi connectivity index (χ3n) is 5.46. The van der Waals surface area contributed by atoms with Gasteiger partial charge in [-0.15, -0.1) is 0 Å². The van der Waals surface area contributed by atoms with Gasteiger partial charge < -0.3 is 19.6 Å². The number of carbonyl (C=O) groups excluding carboxylic acids is 2. The maximum atomic E-state index is 12.8. The highest BCUT2D eigenvalue weighted by Crippen LogP contribution is 2.31. The maximum absolute atomic E-state index is 12.8. The van der Waals surface area contributed by atoms with E-state index in [1.54, 1.807) is 15.9 Å². The van der Waals surface area contributed by atoms with Crippen LogP contribution in [-0.4, -0.2) is 64.7 Å². The van der Waals surface area contributed by atoms with Crippen molar-refractivity contribution in [3.63, 3.8) is 0 Å². The van der Waals surface area contributed by atoms with Gasteiger partial charge >= 0.3 is 12.1 Å². The van der Waals surface area contributed by atoms with Gasteiger partial charge in [-0.1, -0.05) is 0 Å². The SMILES string of the molecule is CC(C)(C)OC(=O)N1CCC(c2cc(C(=O)O)cc(C(=O)N3CCCC3)c2)CC1. The molecule has 1 aromatic carbocycles. The zero-order valence-electron chi connectivity index (χ0n) is 17.4. The van der Waals surface area contributed by atoms with Crippen LogP contribution in [0, 0.1) is 0 Å². The summed E-state index contributed by atoms with van der Waals surface area (Å²) in [7, 11) is 0. The van der Waals surface area contributed by atoms with Crippen LogP contribution in [0.3, 0.4) is 0 Å².